The predicted octanol–water partition coefficient (Wildman–Crippen LogP) is 4.76. The number of H-pyrrole nitrogens is 1. The first-order valence-corrected chi connectivity index (χ1v) is 10.6. The summed E-state index contributed by atoms with van der Waals surface area (Å²) in [5.74, 6) is 0.791. The number of ether oxygens (including phenoxy) is 1. The predicted molar refractivity (Wildman–Crippen MR) is 129 cm³/mol. The van der Waals surface area contributed by atoms with Crippen molar-refractivity contribution in [2.24, 2.45) is 0 Å². The summed E-state index contributed by atoms with van der Waals surface area (Å²) < 4.78 is 7.58. The lowest BCUT2D eigenvalue weighted by molar-refractivity contribution is -0.111. The number of nitrogens with zero attached hydrogens (tertiary/aromatic N) is 3. The van der Waals surface area contributed by atoms with Crippen molar-refractivity contribution in [3.8, 4) is 11.6 Å². The summed E-state index contributed by atoms with van der Waals surface area (Å²) in [7, 11) is 0. The molecule has 0 unspecified atom stereocenters. The molecule has 1 amide bonds. The van der Waals surface area contributed by atoms with Gasteiger partial charge in [-0.05, 0) is 63.1 Å². The summed E-state index contributed by atoms with van der Waals surface area (Å²) >= 11 is 0. The highest BCUT2D eigenvalue weighted by molar-refractivity contribution is 6.02. The van der Waals surface area contributed by atoms with Gasteiger partial charge in [0.1, 0.15) is 11.4 Å². The van der Waals surface area contributed by atoms with E-state index in [-0.39, 0.29) is 17.5 Å². The van der Waals surface area contributed by atoms with Crippen molar-refractivity contribution in [1.29, 1.82) is 0 Å². The maximum atomic E-state index is 12.4. The van der Waals surface area contributed by atoms with E-state index in [1.165, 1.54) is 18.3 Å². The lowest BCUT2D eigenvalue weighted by atomic mass is 10.1. The van der Waals surface area contributed by atoms with Gasteiger partial charge in [0.2, 0.25) is 11.8 Å². The molecule has 0 spiro atoms. The van der Waals surface area contributed by atoms with E-state index in [4.69, 9.17) is 4.74 Å². The van der Waals surface area contributed by atoms with Crippen LogP contribution in [0.2, 0.25) is 0 Å². The Hall–Kier alpha value is -4.20. The van der Waals surface area contributed by atoms with Crippen molar-refractivity contribution in [2.75, 3.05) is 5.32 Å². The number of aromatic amines is 1. The number of hydrogen-bond donors (Lipinski definition) is 2. The van der Waals surface area contributed by atoms with Gasteiger partial charge < -0.3 is 15.0 Å². The largest absolute Gasteiger partial charge is 0.439 e. The molecule has 2 N–H and O–H groups in total. The second-order valence-corrected chi connectivity index (χ2v) is 8.05. The van der Waals surface area contributed by atoms with E-state index in [0.29, 0.717) is 22.8 Å². The summed E-state index contributed by atoms with van der Waals surface area (Å²) in [6.07, 6.45) is 6.00. The van der Waals surface area contributed by atoms with Crippen LogP contribution >= 0.6 is 0 Å². The second-order valence-electron chi connectivity index (χ2n) is 8.05. The molecule has 4 rings (SSSR count). The highest BCUT2D eigenvalue weighted by atomic mass is 16.5. The van der Waals surface area contributed by atoms with Crippen LogP contribution in [0.25, 0.3) is 17.1 Å². The van der Waals surface area contributed by atoms with Gasteiger partial charge in [0, 0.05) is 29.1 Å². The van der Waals surface area contributed by atoms with E-state index in [0.717, 1.165) is 22.3 Å². The number of pyridine rings is 2. The molecule has 8 nitrogen and oxygen atoms in total. The summed E-state index contributed by atoms with van der Waals surface area (Å²) in [4.78, 5) is 31.8. The summed E-state index contributed by atoms with van der Waals surface area (Å²) in [5, 5.41) is 7.82. The number of amides is 1. The van der Waals surface area contributed by atoms with Crippen molar-refractivity contribution >= 4 is 28.7 Å². The number of hydrogen-bond acceptors (Lipinski definition) is 5. The topological polar surface area (TPSA) is 102 Å². The van der Waals surface area contributed by atoms with Gasteiger partial charge in [-0.2, -0.15) is 5.10 Å². The fourth-order valence-corrected chi connectivity index (χ4v) is 3.35. The van der Waals surface area contributed by atoms with Gasteiger partial charge >= 0.3 is 0 Å². The maximum Gasteiger partial charge on any atom is 0.256 e. The minimum Gasteiger partial charge on any atom is -0.439 e. The van der Waals surface area contributed by atoms with Gasteiger partial charge in [0.15, 0.2) is 0 Å². The lowest BCUT2D eigenvalue weighted by Gasteiger charge is -2.10. The average Bonchev–Trinajstić information content (AvgIpc) is 3.19. The van der Waals surface area contributed by atoms with E-state index in [1.807, 2.05) is 45.9 Å². The molecule has 1 aromatic carbocycles. The first-order valence-electron chi connectivity index (χ1n) is 10.6. The Labute approximate surface area is 190 Å². The molecule has 0 saturated heterocycles. The summed E-state index contributed by atoms with van der Waals surface area (Å²) in [6, 6.07) is 11.1. The number of benzene rings is 1. The molecule has 0 aliphatic rings. The maximum absolute atomic E-state index is 12.4. The first-order chi connectivity index (χ1) is 15.8. The SMILES string of the molecule is Cc1cccc(Oc2ccc(NC(=O)/C=C/c3cc4cnn(C(C)C)c4[nH]c3=O)cn2)c1C. The molecular weight excluding hydrogens is 418 g/mol. The van der Waals surface area contributed by atoms with E-state index in [1.54, 1.807) is 29.1 Å². The van der Waals surface area contributed by atoms with Crippen molar-refractivity contribution in [3.63, 3.8) is 0 Å². The second kappa shape index (κ2) is 9.12. The minimum absolute atomic E-state index is 0.122. The molecule has 0 fully saturated rings. The average molecular weight is 444 g/mol. The van der Waals surface area contributed by atoms with Crippen LogP contribution in [0.5, 0.6) is 11.6 Å². The van der Waals surface area contributed by atoms with Crippen molar-refractivity contribution in [2.45, 2.75) is 33.7 Å². The van der Waals surface area contributed by atoms with Crippen LogP contribution in [-0.4, -0.2) is 25.7 Å². The molecule has 0 saturated carbocycles. The fraction of sp³-hybridized carbons (Fsp3) is 0.200. The number of fused-ring (bicyclic) bond motifs is 1. The molecule has 3 aromatic heterocycles. The molecular formula is C25H25N5O3. The highest BCUT2D eigenvalue weighted by Gasteiger charge is 2.09. The molecule has 0 aliphatic carbocycles. The standard InChI is InChI=1S/C25H25N5O3/c1-15(2)30-24-19(13-27-30)12-18(25(32)29-24)8-10-22(31)28-20-9-11-23(26-14-20)33-21-7-5-6-16(3)17(21)4/h5-15H,1-4H3,(H,28,31)(H,29,32)/b10-8+. The van der Waals surface area contributed by atoms with Crippen LogP contribution < -0.4 is 15.6 Å². The van der Waals surface area contributed by atoms with E-state index >= 15 is 0 Å². The third-order valence-corrected chi connectivity index (χ3v) is 5.31. The number of aromatic nitrogens is 4. The molecule has 168 valence electrons. The fourth-order valence-electron chi connectivity index (χ4n) is 3.35. The van der Waals surface area contributed by atoms with Crippen LogP contribution in [0.4, 0.5) is 5.69 Å². The first kappa shape index (κ1) is 22.0. The number of carbonyl (C=O) groups is 1. The molecule has 4 aromatic rings. The minimum atomic E-state index is -0.377. The molecule has 8 heteroatoms. The van der Waals surface area contributed by atoms with Crippen molar-refractivity contribution in [3.05, 3.63) is 81.9 Å². The molecule has 0 bridgehead atoms. The Kier molecular flexibility index (Phi) is 6.08. The van der Waals surface area contributed by atoms with Gasteiger partial charge in [-0.25, -0.2) is 9.67 Å². The van der Waals surface area contributed by atoms with Gasteiger partial charge in [0.25, 0.3) is 5.56 Å². The molecule has 0 radical (unpaired) electrons. The van der Waals surface area contributed by atoms with E-state index < -0.39 is 0 Å². The number of aryl methyl sites for hydroxylation is 1. The zero-order valence-electron chi connectivity index (χ0n) is 18.9. The van der Waals surface area contributed by atoms with Gasteiger partial charge in [-0.3, -0.25) is 9.59 Å². The molecule has 33 heavy (non-hydrogen) atoms. The van der Waals surface area contributed by atoms with Crippen LogP contribution in [0.15, 0.2) is 59.7 Å². The Morgan fingerprint density at radius 1 is 1.18 bits per heavy atom. The van der Waals surface area contributed by atoms with Gasteiger partial charge in [0.05, 0.1) is 18.1 Å². The summed E-state index contributed by atoms with van der Waals surface area (Å²) in [5.41, 5.74) is 3.44. The van der Waals surface area contributed by atoms with Gasteiger partial charge in [-0.1, -0.05) is 12.1 Å². The van der Waals surface area contributed by atoms with Crippen LogP contribution in [0.3, 0.4) is 0 Å². The van der Waals surface area contributed by atoms with Crippen LogP contribution in [0.1, 0.15) is 36.6 Å². The zero-order chi connectivity index (χ0) is 23.5. The third kappa shape index (κ3) is 4.85. The highest BCUT2D eigenvalue weighted by Crippen LogP contribution is 2.26. The lowest BCUT2D eigenvalue weighted by Crippen LogP contribution is -2.13. The Bertz CT molecular complexity index is 1400. The van der Waals surface area contributed by atoms with Crippen LogP contribution in [-0.2, 0) is 4.79 Å². The number of carbonyl (C=O) groups excluding carboxylic acids is 1. The zero-order valence-corrected chi connectivity index (χ0v) is 18.9. The monoisotopic (exact) mass is 443 g/mol. The van der Waals surface area contributed by atoms with Crippen molar-refractivity contribution in [1.82, 2.24) is 19.7 Å². The van der Waals surface area contributed by atoms with Gasteiger partial charge in [-0.15, -0.1) is 0 Å². The van der Waals surface area contributed by atoms with E-state index in [9.17, 15) is 9.59 Å². The quantitative estimate of drug-likeness (QED) is 0.418. The third-order valence-electron chi connectivity index (χ3n) is 5.31. The number of nitrogens with one attached hydrogen (secondary N) is 2. The normalized spacial score (nSPS) is 11.4. The molecule has 0 aliphatic heterocycles. The number of anilines is 1. The Morgan fingerprint density at radius 3 is 2.73 bits per heavy atom. The molecule has 3 heterocycles. The van der Waals surface area contributed by atoms with Crippen molar-refractivity contribution < 1.29 is 9.53 Å². The Morgan fingerprint density at radius 2 is 2.00 bits per heavy atom. The molecule has 0 atom stereocenters. The smallest absolute Gasteiger partial charge is 0.256 e. The summed E-state index contributed by atoms with van der Waals surface area (Å²) in [6.45, 7) is 7.98. The van der Waals surface area contributed by atoms with Crippen LogP contribution in [0, 0.1) is 13.8 Å². The van der Waals surface area contributed by atoms with E-state index in [2.05, 4.69) is 20.4 Å². The number of rotatable bonds is 6. The Balaban J connectivity index is 1.43.